The Bertz CT molecular complexity index is 497. The van der Waals surface area contributed by atoms with Crippen molar-refractivity contribution in [1.82, 2.24) is 0 Å². The van der Waals surface area contributed by atoms with Crippen LogP contribution >= 0.6 is 23.2 Å². The predicted molar refractivity (Wildman–Crippen MR) is 72.5 cm³/mol. The molecular weight excluding hydrogens is 253 g/mol. The first-order valence-corrected chi connectivity index (χ1v) is 6.27. The SMILES string of the molecule is [NH3+]C[C@H](c1ccccc1)c1ccc(Cl)cc1Cl. The second-order valence-electron chi connectivity index (χ2n) is 3.92. The summed E-state index contributed by atoms with van der Waals surface area (Å²) in [7, 11) is 0. The first-order chi connectivity index (χ1) is 8.22. The maximum atomic E-state index is 6.24. The zero-order chi connectivity index (χ0) is 12.3. The van der Waals surface area contributed by atoms with Gasteiger partial charge in [-0.2, -0.15) is 0 Å². The molecule has 0 amide bonds. The Labute approximate surface area is 111 Å². The van der Waals surface area contributed by atoms with Gasteiger partial charge >= 0.3 is 0 Å². The predicted octanol–water partition coefficient (Wildman–Crippen LogP) is 3.37. The Morgan fingerprint density at radius 2 is 1.71 bits per heavy atom. The molecule has 2 rings (SSSR count). The summed E-state index contributed by atoms with van der Waals surface area (Å²) in [5.74, 6) is 0.223. The van der Waals surface area contributed by atoms with Crippen LogP contribution in [0.3, 0.4) is 0 Å². The van der Waals surface area contributed by atoms with Crippen LogP contribution in [0.4, 0.5) is 0 Å². The van der Waals surface area contributed by atoms with Crippen molar-refractivity contribution in [3.63, 3.8) is 0 Å². The van der Waals surface area contributed by atoms with Crippen LogP contribution in [0.2, 0.25) is 10.0 Å². The minimum Gasteiger partial charge on any atom is -0.357 e. The molecule has 1 nitrogen and oxygen atoms in total. The van der Waals surface area contributed by atoms with E-state index in [4.69, 9.17) is 23.2 Å². The van der Waals surface area contributed by atoms with Crippen LogP contribution < -0.4 is 5.73 Å². The molecular formula is C14H14Cl2N+. The van der Waals surface area contributed by atoms with Crippen molar-refractivity contribution < 1.29 is 5.73 Å². The van der Waals surface area contributed by atoms with Crippen LogP contribution in [0.5, 0.6) is 0 Å². The molecule has 0 unspecified atom stereocenters. The van der Waals surface area contributed by atoms with Crippen molar-refractivity contribution in [1.29, 1.82) is 0 Å². The molecule has 17 heavy (non-hydrogen) atoms. The number of hydrogen-bond acceptors (Lipinski definition) is 0. The van der Waals surface area contributed by atoms with E-state index < -0.39 is 0 Å². The number of halogens is 2. The fraction of sp³-hybridized carbons (Fsp3) is 0.143. The van der Waals surface area contributed by atoms with Crippen molar-refractivity contribution in [3.05, 3.63) is 69.7 Å². The summed E-state index contributed by atoms with van der Waals surface area (Å²) in [4.78, 5) is 0. The molecule has 0 aromatic heterocycles. The largest absolute Gasteiger partial charge is 0.357 e. The summed E-state index contributed by atoms with van der Waals surface area (Å²) in [5.41, 5.74) is 6.32. The van der Waals surface area contributed by atoms with Crippen LogP contribution in [0.1, 0.15) is 17.0 Å². The minimum absolute atomic E-state index is 0.223. The summed E-state index contributed by atoms with van der Waals surface area (Å²) in [6.07, 6.45) is 0. The van der Waals surface area contributed by atoms with Gasteiger partial charge in [-0.1, -0.05) is 59.6 Å². The van der Waals surface area contributed by atoms with Gasteiger partial charge in [0.15, 0.2) is 0 Å². The van der Waals surface area contributed by atoms with Crippen molar-refractivity contribution in [2.75, 3.05) is 6.54 Å². The lowest BCUT2D eigenvalue weighted by Crippen LogP contribution is -2.53. The summed E-state index contributed by atoms with van der Waals surface area (Å²) >= 11 is 12.2. The highest BCUT2D eigenvalue weighted by Gasteiger charge is 2.17. The lowest BCUT2D eigenvalue weighted by molar-refractivity contribution is -0.370. The molecule has 3 N–H and O–H groups in total. The van der Waals surface area contributed by atoms with Crippen molar-refractivity contribution in [3.8, 4) is 0 Å². The minimum atomic E-state index is 0.223. The molecule has 88 valence electrons. The van der Waals surface area contributed by atoms with E-state index in [9.17, 15) is 0 Å². The first kappa shape index (κ1) is 12.4. The van der Waals surface area contributed by atoms with E-state index in [1.165, 1.54) is 5.56 Å². The first-order valence-electron chi connectivity index (χ1n) is 5.51. The van der Waals surface area contributed by atoms with Crippen molar-refractivity contribution in [2.24, 2.45) is 0 Å². The Kier molecular flexibility index (Phi) is 4.06. The zero-order valence-corrected chi connectivity index (χ0v) is 10.9. The molecule has 0 heterocycles. The molecule has 2 aromatic rings. The monoisotopic (exact) mass is 266 g/mol. The van der Waals surface area contributed by atoms with E-state index in [1.807, 2.05) is 30.3 Å². The molecule has 0 aliphatic rings. The molecule has 0 radical (unpaired) electrons. The second kappa shape index (κ2) is 5.54. The lowest BCUT2D eigenvalue weighted by atomic mass is 9.91. The van der Waals surface area contributed by atoms with Crippen LogP contribution in [-0.4, -0.2) is 6.54 Å². The van der Waals surface area contributed by atoms with Gasteiger partial charge in [0.1, 0.15) is 0 Å². The average molecular weight is 267 g/mol. The third kappa shape index (κ3) is 2.81. The highest BCUT2D eigenvalue weighted by atomic mass is 35.5. The van der Waals surface area contributed by atoms with Gasteiger partial charge in [-0.15, -0.1) is 0 Å². The van der Waals surface area contributed by atoms with Gasteiger partial charge in [0.05, 0.1) is 12.5 Å². The van der Waals surface area contributed by atoms with E-state index in [2.05, 4.69) is 17.9 Å². The lowest BCUT2D eigenvalue weighted by Gasteiger charge is -2.15. The van der Waals surface area contributed by atoms with Crippen molar-refractivity contribution in [2.45, 2.75) is 5.92 Å². The Morgan fingerprint density at radius 1 is 1.00 bits per heavy atom. The van der Waals surface area contributed by atoms with Gasteiger partial charge in [0, 0.05) is 10.0 Å². The van der Waals surface area contributed by atoms with Crippen LogP contribution in [-0.2, 0) is 0 Å². The molecule has 1 atom stereocenters. The molecule has 0 saturated heterocycles. The average Bonchev–Trinajstić information content (AvgIpc) is 2.34. The molecule has 0 bridgehead atoms. The molecule has 2 aromatic carbocycles. The summed E-state index contributed by atoms with van der Waals surface area (Å²) in [6, 6.07) is 15.9. The molecule has 0 saturated carbocycles. The van der Waals surface area contributed by atoms with Crippen LogP contribution in [0.15, 0.2) is 48.5 Å². The molecule has 0 aliphatic carbocycles. The normalized spacial score (nSPS) is 12.4. The molecule has 0 fully saturated rings. The number of hydrogen-bond donors (Lipinski definition) is 1. The van der Waals surface area contributed by atoms with E-state index >= 15 is 0 Å². The quantitative estimate of drug-likeness (QED) is 0.883. The van der Waals surface area contributed by atoms with E-state index in [0.29, 0.717) is 10.0 Å². The topological polar surface area (TPSA) is 27.6 Å². The highest BCUT2D eigenvalue weighted by molar-refractivity contribution is 6.35. The van der Waals surface area contributed by atoms with E-state index in [-0.39, 0.29) is 5.92 Å². The summed E-state index contributed by atoms with van der Waals surface area (Å²) < 4.78 is 0. The Hall–Kier alpha value is -1.02. The molecule has 0 spiro atoms. The fourth-order valence-electron chi connectivity index (χ4n) is 1.97. The third-order valence-corrected chi connectivity index (χ3v) is 3.39. The van der Waals surface area contributed by atoms with Gasteiger partial charge in [0.2, 0.25) is 0 Å². The van der Waals surface area contributed by atoms with Gasteiger partial charge in [-0.25, -0.2) is 0 Å². The maximum Gasteiger partial charge on any atom is 0.0851 e. The van der Waals surface area contributed by atoms with E-state index in [1.54, 1.807) is 6.07 Å². The standard InChI is InChI=1S/C14H13Cl2N/c15-11-6-7-12(14(16)8-11)13(9-17)10-4-2-1-3-5-10/h1-8,13H,9,17H2/p+1/t13-/m1/s1. The van der Waals surface area contributed by atoms with Crippen molar-refractivity contribution >= 4 is 23.2 Å². The smallest absolute Gasteiger partial charge is 0.0851 e. The zero-order valence-electron chi connectivity index (χ0n) is 9.37. The van der Waals surface area contributed by atoms with Gasteiger partial charge in [-0.05, 0) is 23.3 Å². The van der Waals surface area contributed by atoms with Crippen LogP contribution in [0, 0.1) is 0 Å². The second-order valence-corrected chi connectivity index (χ2v) is 4.76. The van der Waals surface area contributed by atoms with Gasteiger partial charge < -0.3 is 5.73 Å². The summed E-state index contributed by atoms with van der Waals surface area (Å²) in [5, 5.41) is 1.37. The fourth-order valence-corrected chi connectivity index (χ4v) is 2.51. The third-order valence-electron chi connectivity index (χ3n) is 2.83. The molecule has 0 aliphatic heterocycles. The summed E-state index contributed by atoms with van der Waals surface area (Å²) in [6.45, 7) is 0.769. The van der Waals surface area contributed by atoms with Crippen LogP contribution in [0.25, 0.3) is 0 Å². The highest BCUT2D eigenvalue weighted by Crippen LogP contribution is 2.31. The maximum absolute atomic E-state index is 6.24. The number of rotatable bonds is 3. The Morgan fingerprint density at radius 3 is 2.29 bits per heavy atom. The molecule has 3 heteroatoms. The number of quaternary nitrogens is 1. The Balaban J connectivity index is 2.42. The number of benzene rings is 2. The van der Waals surface area contributed by atoms with Gasteiger partial charge in [0.25, 0.3) is 0 Å². The van der Waals surface area contributed by atoms with Gasteiger partial charge in [-0.3, -0.25) is 0 Å². The van der Waals surface area contributed by atoms with E-state index in [0.717, 1.165) is 12.1 Å².